The van der Waals surface area contributed by atoms with Gasteiger partial charge in [-0.3, -0.25) is 4.18 Å². The quantitative estimate of drug-likeness (QED) is 0.359. The zero-order valence-corrected chi connectivity index (χ0v) is 8.06. The van der Waals surface area contributed by atoms with E-state index in [0.717, 1.165) is 0 Å². The van der Waals surface area contributed by atoms with E-state index in [-0.39, 0.29) is 6.23 Å². The Balaban J connectivity index is 3.79. The summed E-state index contributed by atoms with van der Waals surface area (Å²) >= 11 is 0. The number of rotatable bonds is 3. The molecule has 0 spiro atoms. The van der Waals surface area contributed by atoms with E-state index in [1.54, 1.807) is 0 Å². The molecule has 0 aromatic heterocycles. The fourth-order valence-electron chi connectivity index (χ4n) is 0.249. The second kappa shape index (κ2) is 2.99. The van der Waals surface area contributed by atoms with Crippen molar-refractivity contribution >= 4 is 18.5 Å². The highest BCUT2D eigenvalue weighted by Crippen LogP contribution is 2.01. The molecule has 0 aliphatic heterocycles. The van der Waals surface area contributed by atoms with Crippen LogP contribution in [-0.4, -0.2) is 27.3 Å². The molecule has 0 bridgehead atoms. The summed E-state index contributed by atoms with van der Waals surface area (Å²) in [6, 6.07) is 0. The molecule has 10 heavy (non-hydrogen) atoms. The van der Waals surface area contributed by atoms with Gasteiger partial charge in [0.15, 0.2) is 0 Å². The fraction of sp³-hybridized carbons (Fsp3) is 1.00. The van der Waals surface area contributed by atoms with Gasteiger partial charge in [0.2, 0.25) is 10.4 Å². The standard InChI is InChI=1S/C4H12O4SSi/c1-10(2,3)4-8-9(5,6)7/h4H2,1-3H3,(H,5,6,7)/p-1. The Kier molecular flexibility index (Phi) is 3.02. The van der Waals surface area contributed by atoms with Gasteiger partial charge in [-0.15, -0.1) is 0 Å². The van der Waals surface area contributed by atoms with Crippen molar-refractivity contribution in [3.05, 3.63) is 0 Å². The third-order valence-corrected chi connectivity index (χ3v) is 2.26. The molecule has 0 aliphatic carbocycles. The van der Waals surface area contributed by atoms with E-state index in [0.29, 0.717) is 0 Å². The Labute approximate surface area is 62.2 Å². The molecular weight excluding hydrogens is 172 g/mol. The first kappa shape index (κ1) is 10.1. The molecule has 0 unspecified atom stereocenters. The Bertz CT molecular complexity index is 190. The molecule has 0 aromatic rings. The maximum atomic E-state index is 9.92. The van der Waals surface area contributed by atoms with Crippen molar-refractivity contribution in [2.75, 3.05) is 6.23 Å². The summed E-state index contributed by atoms with van der Waals surface area (Å²) in [4.78, 5) is 0. The first-order valence-electron chi connectivity index (χ1n) is 2.81. The van der Waals surface area contributed by atoms with Crippen LogP contribution in [0.15, 0.2) is 0 Å². The number of hydrogen-bond acceptors (Lipinski definition) is 4. The van der Waals surface area contributed by atoms with Gasteiger partial charge in [0.25, 0.3) is 0 Å². The smallest absolute Gasteiger partial charge is 0.217 e. The summed E-state index contributed by atoms with van der Waals surface area (Å²) < 4.78 is 33.8. The van der Waals surface area contributed by atoms with Crippen LogP contribution < -0.4 is 0 Å². The van der Waals surface area contributed by atoms with E-state index in [4.69, 9.17) is 0 Å². The molecule has 62 valence electrons. The summed E-state index contributed by atoms with van der Waals surface area (Å²) in [6.45, 7) is 5.74. The normalized spacial score (nSPS) is 13.6. The van der Waals surface area contributed by atoms with Crippen molar-refractivity contribution in [2.45, 2.75) is 19.6 Å². The van der Waals surface area contributed by atoms with Gasteiger partial charge >= 0.3 is 0 Å². The molecule has 6 heteroatoms. The first-order chi connectivity index (χ1) is 4.21. The van der Waals surface area contributed by atoms with Crippen molar-refractivity contribution in [1.29, 1.82) is 0 Å². The summed E-state index contributed by atoms with van der Waals surface area (Å²) in [6.07, 6.45) is 0.0683. The van der Waals surface area contributed by atoms with Crippen molar-refractivity contribution in [1.82, 2.24) is 0 Å². The second-order valence-corrected chi connectivity index (χ2v) is 9.69. The summed E-state index contributed by atoms with van der Waals surface area (Å²) in [5, 5.41) is 0. The molecule has 0 fully saturated rings. The zero-order valence-electron chi connectivity index (χ0n) is 6.25. The van der Waals surface area contributed by atoms with E-state index in [9.17, 15) is 13.0 Å². The topological polar surface area (TPSA) is 66.4 Å². The van der Waals surface area contributed by atoms with Gasteiger partial charge in [-0.05, 0) is 0 Å². The van der Waals surface area contributed by atoms with Crippen LogP contribution in [0.1, 0.15) is 0 Å². The molecule has 0 radical (unpaired) electrons. The van der Waals surface area contributed by atoms with E-state index < -0.39 is 18.5 Å². The van der Waals surface area contributed by atoms with Crippen molar-refractivity contribution in [3.8, 4) is 0 Å². The molecule has 0 amide bonds. The Morgan fingerprint density at radius 2 is 1.80 bits per heavy atom. The highest BCUT2D eigenvalue weighted by Gasteiger charge is 2.14. The van der Waals surface area contributed by atoms with Crippen molar-refractivity contribution < 1.29 is 17.2 Å². The SMILES string of the molecule is C[Si](C)(C)COS(=O)(=O)[O-]. The van der Waals surface area contributed by atoms with E-state index in [1.165, 1.54) is 0 Å². The highest BCUT2D eigenvalue weighted by molar-refractivity contribution is 7.80. The Morgan fingerprint density at radius 3 is 1.90 bits per heavy atom. The molecular formula is C4H11O4SSi-. The van der Waals surface area contributed by atoms with Crippen LogP contribution in [0.25, 0.3) is 0 Å². The molecule has 0 atom stereocenters. The van der Waals surface area contributed by atoms with E-state index in [2.05, 4.69) is 4.18 Å². The predicted molar refractivity (Wildman–Crippen MR) is 39.0 cm³/mol. The fourth-order valence-corrected chi connectivity index (χ4v) is 2.24. The summed E-state index contributed by atoms with van der Waals surface area (Å²) in [7, 11) is -6.04. The van der Waals surface area contributed by atoms with Gasteiger partial charge < -0.3 is 4.55 Å². The maximum Gasteiger partial charge on any atom is 0.217 e. The minimum Gasteiger partial charge on any atom is -0.726 e. The van der Waals surface area contributed by atoms with Crippen LogP contribution in [0, 0.1) is 0 Å². The molecule has 0 aromatic carbocycles. The van der Waals surface area contributed by atoms with Gasteiger partial charge in [0, 0.05) is 0 Å². The zero-order chi connectivity index (χ0) is 8.41. The third-order valence-electron chi connectivity index (χ3n) is 0.636. The van der Waals surface area contributed by atoms with Crippen LogP contribution in [0.5, 0.6) is 0 Å². The Hall–Kier alpha value is 0.0869. The average Bonchev–Trinajstić information content (AvgIpc) is 1.57. The minimum absolute atomic E-state index is 0.0683. The van der Waals surface area contributed by atoms with Crippen LogP contribution in [-0.2, 0) is 14.6 Å². The summed E-state index contributed by atoms with van der Waals surface area (Å²) in [5.41, 5.74) is 0. The number of hydrogen-bond donors (Lipinski definition) is 0. The maximum absolute atomic E-state index is 9.92. The van der Waals surface area contributed by atoms with Crippen LogP contribution >= 0.6 is 0 Å². The van der Waals surface area contributed by atoms with Crippen LogP contribution in [0.4, 0.5) is 0 Å². The van der Waals surface area contributed by atoms with Gasteiger partial charge in [0.05, 0.1) is 14.3 Å². The average molecular weight is 183 g/mol. The molecule has 0 heterocycles. The van der Waals surface area contributed by atoms with E-state index in [1.807, 2.05) is 19.6 Å². The van der Waals surface area contributed by atoms with Crippen molar-refractivity contribution in [2.24, 2.45) is 0 Å². The molecule has 0 saturated heterocycles. The molecule has 0 saturated carbocycles. The Morgan fingerprint density at radius 1 is 1.40 bits per heavy atom. The van der Waals surface area contributed by atoms with Crippen LogP contribution in [0.2, 0.25) is 19.6 Å². The van der Waals surface area contributed by atoms with E-state index >= 15 is 0 Å². The lowest BCUT2D eigenvalue weighted by Gasteiger charge is -2.16. The first-order valence-corrected chi connectivity index (χ1v) is 7.85. The van der Waals surface area contributed by atoms with Gasteiger partial charge in [-0.1, -0.05) is 19.6 Å². The monoisotopic (exact) mass is 183 g/mol. The lowest BCUT2D eigenvalue weighted by Crippen LogP contribution is -2.29. The molecule has 0 rings (SSSR count). The van der Waals surface area contributed by atoms with Gasteiger partial charge in [-0.25, -0.2) is 8.42 Å². The lowest BCUT2D eigenvalue weighted by atomic mass is 11.7. The largest absolute Gasteiger partial charge is 0.726 e. The van der Waals surface area contributed by atoms with Crippen LogP contribution in [0.3, 0.4) is 0 Å². The van der Waals surface area contributed by atoms with Gasteiger partial charge in [-0.2, -0.15) is 0 Å². The van der Waals surface area contributed by atoms with Gasteiger partial charge in [0.1, 0.15) is 0 Å². The second-order valence-electron chi connectivity index (χ2n) is 3.23. The highest BCUT2D eigenvalue weighted by atomic mass is 32.3. The molecule has 0 N–H and O–H groups in total. The lowest BCUT2D eigenvalue weighted by molar-refractivity contribution is 0.296. The minimum atomic E-state index is -4.47. The predicted octanol–water partition coefficient (Wildman–Crippen LogP) is 0.341. The third kappa shape index (κ3) is 8.09. The van der Waals surface area contributed by atoms with Crippen molar-refractivity contribution in [3.63, 3.8) is 0 Å². The molecule has 0 aliphatic rings. The summed E-state index contributed by atoms with van der Waals surface area (Å²) in [5.74, 6) is 0. The molecule has 4 nitrogen and oxygen atoms in total.